The molecule has 23 heavy (non-hydrogen) atoms. The summed E-state index contributed by atoms with van der Waals surface area (Å²) in [6.45, 7) is 4.67. The van der Waals surface area contributed by atoms with Crippen molar-refractivity contribution in [2.75, 3.05) is 13.1 Å². The van der Waals surface area contributed by atoms with Crippen LogP contribution in [0.15, 0.2) is 47.9 Å². The van der Waals surface area contributed by atoms with Gasteiger partial charge in [-0.05, 0) is 19.4 Å². The molecule has 1 aliphatic rings. The van der Waals surface area contributed by atoms with Crippen LogP contribution in [-0.2, 0) is 10.0 Å². The minimum absolute atomic E-state index is 0.0122. The second-order valence-corrected chi connectivity index (χ2v) is 8.14. The van der Waals surface area contributed by atoms with Crippen LogP contribution in [0.3, 0.4) is 0 Å². The number of aromatic nitrogens is 2. The molecule has 1 aromatic heterocycles. The molecular weight excluding hydrogens is 312 g/mol. The van der Waals surface area contributed by atoms with Crippen molar-refractivity contribution in [2.45, 2.75) is 36.9 Å². The lowest BCUT2D eigenvalue weighted by molar-refractivity contribution is 0.467. The molecule has 2 aromatic rings. The monoisotopic (exact) mass is 334 g/mol. The molecule has 124 valence electrons. The van der Waals surface area contributed by atoms with Gasteiger partial charge in [0.2, 0.25) is 0 Å². The summed E-state index contributed by atoms with van der Waals surface area (Å²) < 4.78 is 28.8. The Balaban J connectivity index is 1.84. The van der Waals surface area contributed by atoms with E-state index in [0.29, 0.717) is 13.1 Å². The number of rotatable bonds is 4. The van der Waals surface area contributed by atoms with Gasteiger partial charge in [0.25, 0.3) is 10.0 Å². The zero-order chi connectivity index (χ0) is 16.6. The van der Waals surface area contributed by atoms with E-state index in [0.717, 1.165) is 5.56 Å². The maximum Gasteiger partial charge on any atom is 0.262 e. The van der Waals surface area contributed by atoms with Crippen molar-refractivity contribution in [1.82, 2.24) is 13.9 Å². The van der Waals surface area contributed by atoms with Crippen molar-refractivity contribution in [3.05, 3.63) is 48.4 Å². The Morgan fingerprint density at radius 2 is 1.91 bits per heavy atom. The van der Waals surface area contributed by atoms with Crippen molar-refractivity contribution < 1.29 is 8.42 Å². The van der Waals surface area contributed by atoms with E-state index in [1.54, 1.807) is 17.1 Å². The van der Waals surface area contributed by atoms with Crippen molar-refractivity contribution >= 4 is 10.0 Å². The highest BCUT2D eigenvalue weighted by molar-refractivity contribution is 7.89. The van der Waals surface area contributed by atoms with Gasteiger partial charge in [0, 0.05) is 37.3 Å². The third-order valence-electron chi connectivity index (χ3n) is 4.34. The summed E-state index contributed by atoms with van der Waals surface area (Å²) in [6, 6.07) is 9.79. The first-order valence-electron chi connectivity index (χ1n) is 7.73. The minimum atomic E-state index is -3.60. The molecule has 3 rings (SSSR count). The molecule has 1 aliphatic heterocycles. The van der Waals surface area contributed by atoms with E-state index in [4.69, 9.17) is 5.73 Å². The van der Waals surface area contributed by atoms with E-state index in [2.05, 4.69) is 4.98 Å². The van der Waals surface area contributed by atoms with Crippen LogP contribution in [0.2, 0.25) is 0 Å². The Bertz CT molecular complexity index is 770. The summed E-state index contributed by atoms with van der Waals surface area (Å²) in [7, 11) is -3.60. The molecule has 1 aromatic carbocycles. The Morgan fingerprint density at radius 3 is 2.52 bits per heavy atom. The lowest BCUT2D eigenvalue weighted by Gasteiger charge is -2.15. The molecule has 2 atom stereocenters. The molecule has 0 unspecified atom stereocenters. The molecule has 2 N–H and O–H groups in total. The molecule has 0 radical (unpaired) electrons. The molecule has 0 spiro atoms. The zero-order valence-corrected chi connectivity index (χ0v) is 14.1. The molecule has 7 heteroatoms. The van der Waals surface area contributed by atoms with Gasteiger partial charge in [-0.1, -0.05) is 30.3 Å². The first kappa shape index (κ1) is 16.2. The third-order valence-corrected chi connectivity index (χ3v) is 6.06. The molecule has 0 aliphatic carbocycles. The summed E-state index contributed by atoms with van der Waals surface area (Å²) in [4.78, 5) is 4.07. The fourth-order valence-corrected chi connectivity index (χ4v) is 4.33. The summed E-state index contributed by atoms with van der Waals surface area (Å²) in [5.41, 5.74) is 7.27. The van der Waals surface area contributed by atoms with Crippen LogP contribution in [-0.4, -0.2) is 41.4 Å². The van der Waals surface area contributed by atoms with Crippen LogP contribution in [0, 0.1) is 0 Å². The molecule has 1 saturated heterocycles. The highest BCUT2D eigenvalue weighted by Gasteiger charge is 2.39. The number of hydrogen-bond acceptors (Lipinski definition) is 4. The second-order valence-electron chi connectivity index (χ2n) is 6.26. The van der Waals surface area contributed by atoms with E-state index < -0.39 is 10.0 Å². The van der Waals surface area contributed by atoms with Crippen LogP contribution in [0.5, 0.6) is 0 Å². The highest BCUT2D eigenvalue weighted by Crippen LogP contribution is 2.30. The van der Waals surface area contributed by atoms with Gasteiger partial charge in [-0.3, -0.25) is 0 Å². The number of nitrogens with two attached hydrogens (primary N) is 1. The first-order valence-corrected chi connectivity index (χ1v) is 9.17. The predicted molar refractivity (Wildman–Crippen MR) is 88.5 cm³/mol. The summed E-state index contributed by atoms with van der Waals surface area (Å²) in [5, 5.41) is 0.0899. The van der Waals surface area contributed by atoms with Gasteiger partial charge in [0.15, 0.2) is 5.03 Å². The summed E-state index contributed by atoms with van der Waals surface area (Å²) in [5.74, 6) is 0.0122. The molecular formula is C16H22N4O2S. The van der Waals surface area contributed by atoms with Crippen LogP contribution in [0.25, 0.3) is 0 Å². The van der Waals surface area contributed by atoms with Gasteiger partial charge >= 0.3 is 0 Å². The SMILES string of the molecule is CC(C)n1cnc(S(=O)(=O)N2C[C@@H](N)[C@H](c3ccccc3)C2)c1. The van der Waals surface area contributed by atoms with Crippen molar-refractivity contribution in [1.29, 1.82) is 0 Å². The normalized spacial score (nSPS) is 22.8. The average molecular weight is 334 g/mol. The first-order chi connectivity index (χ1) is 10.9. The van der Waals surface area contributed by atoms with Crippen molar-refractivity contribution in [3.63, 3.8) is 0 Å². The van der Waals surface area contributed by atoms with Crippen LogP contribution < -0.4 is 5.73 Å². The maximum atomic E-state index is 12.8. The summed E-state index contributed by atoms with van der Waals surface area (Å²) >= 11 is 0. The lowest BCUT2D eigenvalue weighted by Crippen LogP contribution is -2.32. The fraction of sp³-hybridized carbons (Fsp3) is 0.438. The fourth-order valence-electron chi connectivity index (χ4n) is 2.91. The lowest BCUT2D eigenvalue weighted by atomic mass is 9.95. The zero-order valence-electron chi connectivity index (χ0n) is 13.3. The molecule has 6 nitrogen and oxygen atoms in total. The van der Waals surface area contributed by atoms with E-state index >= 15 is 0 Å². The van der Waals surface area contributed by atoms with Crippen LogP contribution >= 0.6 is 0 Å². The van der Waals surface area contributed by atoms with Crippen LogP contribution in [0.1, 0.15) is 31.4 Å². The van der Waals surface area contributed by atoms with Crippen molar-refractivity contribution in [2.24, 2.45) is 5.73 Å². The molecule has 2 heterocycles. The van der Waals surface area contributed by atoms with Gasteiger partial charge < -0.3 is 10.3 Å². The number of hydrogen-bond donors (Lipinski definition) is 1. The Hall–Kier alpha value is -1.70. The third kappa shape index (κ3) is 3.04. The summed E-state index contributed by atoms with van der Waals surface area (Å²) in [6.07, 6.45) is 3.14. The Morgan fingerprint density at radius 1 is 1.22 bits per heavy atom. The minimum Gasteiger partial charge on any atom is -0.334 e. The number of imidazole rings is 1. The number of benzene rings is 1. The van der Waals surface area contributed by atoms with Gasteiger partial charge in [0.05, 0.1) is 6.33 Å². The maximum absolute atomic E-state index is 12.8. The number of nitrogens with zero attached hydrogens (tertiary/aromatic N) is 3. The molecule has 1 fully saturated rings. The van der Waals surface area contributed by atoms with Crippen molar-refractivity contribution in [3.8, 4) is 0 Å². The number of sulfonamides is 1. The van der Waals surface area contributed by atoms with E-state index in [9.17, 15) is 8.42 Å². The van der Waals surface area contributed by atoms with Gasteiger partial charge in [0.1, 0.15) is 0 Å². The average Bonchev–Trinajstić information content (AvgIpc) is 3.15. The Kier molecular flexibility index (Phi) is 4.27. The molecule has 0 bridgehead atoms. The topological polar surface area (TPSA) is 81.2 Å². The van der Waals surface area contributed by atoms with Crippen LogP contribution in [0.4, 0.5) is 0 Å². The van der Waals surface area contributed by atoms with Gasteiger partial charge in [-0.25, -0.2) is 13.4 Å². The van der Waals surface area contributed by atoms with Gasteiger partial charge in [-0.15, -0.1) is 0 Å². The highest BCUT2D eigenvalue weighted by atomic mass is 32.2. The van der Waals surface area contributed by atoms with E-state index in [-0.39, 0.29) is 23.0 Å². The molecule has 0 amide bonds. The predicted octanol–water partition coefficient (Wildman–Crippen LogP) is 1.58. The van der Waals surface area contributed by atoms with Gasteiger partial charge in [-0.2, -0.15) is 4.31 Å². The second kappa shape index (κ2) is 6.07. The Labute approximate surface area is 137 Å². The largest absolute Gasteiger partial charge is 0.334 e. The van der Waals surface area contributed by atoms with E-state index in [1.807, 2.05) is 44.2 Å². The smallest absolute Gasteiger partial charge is 0.262 e. The van der Waals surface area contributed by atoms with E-state index in [1.165, 1.54) is 4.31 Å². The molecule has 0 saturated carbocycles. The standard InChI is InChI=1S/C16H22N4O2S/c1-12(2)19-10-16(18-11-19)23(21,22)20-8-14(15(17)9-20)13-6-4-3-5-7-13/h3-7,10-12,14-15H,8-9,17H2,1-2H3/t14-,15+/m0/s1. The quantitative estimate of drug-likeness (QED) is 0.920.